The molecule has 0 amide bonds. The molecule has 1 atom stereocenters. The Morgan fingerprint density at radius 2 is 1.94 bits per heavy atom. The number of nitrogens with two attached hydrogens (primary N) is 1. The predicted octanol–water partition coefficient (Wildman–Crippen LogP) is 2.77. The van der Waals surface area contributed by atoms with Crippen molar-refractivity contribution in [1.82, 2.24) is 0 Å². The van der Waals surface area contributed by atoms with Crippen molar-refractivity contribution in [1.29, 1.82) is 0 Å². The molecule has 0 aliphatic carbocycles. The fourth-order valence-corrected chi connectivity index (χ4v) is 2.06. The fourth-order valence-electron chi connectivity index (χ4n) is 2.06. The number of rotatable bonds is 4. The molecule has 1 aromatic carbocycles. The van der Waals surface area contributed by atoms with E-state index >= 15 is 0 Å². The summed E-state index contributed by atoms with van der Waals surface area (Å²) in [6.07, 6.45) is 2.38. The van der Waals surface area contributed by atoms with E-state index in [-0.39, 0.29) is 6.10 Å². The van der Waals surface area contributed by atoms with Crippen LogP contribution >= 0.6 is 0 Å². The number of nitrogen functional groups attached to an aromatic ring is 1. The summed E-state index contributed by atoms with van der Waals surface area (Å²) in [5.41, 5.74) is 7.65. The molecular weight excluding hydrogens is 214 g/mol. The number of ether oxygens (including phenoxy) is 2. The van der Waals surface area contributed by atoms with Crippen LogP contribution in [0.1, 0.15) is 31.4 Å². The van der Waals surface area contributed by atoms with Gasteiger partial charge in [-0.2, -0.15) is 0 Å². The molecule has 3 nitrogen and oxygen atoms in total. The Bertz CT molecular complexity index is 331. The molecule has 1 aromatic rings. The van der Waals surface area contributed by atoms with Gasteiger partial charge < -0.3 is 15.2 Å². The van der Waals surface area contributed by atoms with Gasteiger partial charge >= 0.3 is 0 Å². The quantitative estimate of drug-likeness (QED) is 0.816. The van der Waals surface area contributed by atoms with Crippen LogP contribution in [0.25, 0.3) is 0 Å². The van der Waals surface area contributed by atoms with Crippen LogP contribution in [0.15, 0.2) is 24.3 Å². The van der Waals surface area contributed by atoms with Gasteiger partial charge in [-0.15, -0.1) is 0 Å². The van der Waals surface area contributed by atoms with Gasteiger partial charge in [0.1, 0.15) is 0 Å². The highest BCUT2D eigenvalue weighted by molar-refractivity contribution is 5.39. The highest BCUT2D eigenvalue weighted by Gasteiger charge is 2.15. The zero-order valence-electron chi connectivity index (χ0n) is 10.4. The van der Waals surface area contributed by atoms with E-state index < -0.39 is 0 Å². The molecule has 1 heterocycles. The lowest BCUT2D eigenvalue weighted by molar-refractivity contribution is -0.00562. The predicted molar refractivity (Wildman–Crippen MR) is 68.8 cm³/mol. The Morgan fingerprint density at radius 1 is 1.29 bits per heavy atom. The summed E-state index contributed by atoms with van der Waals surface area (Å²) in [6, 6.07) is 7.90. The minimum Gasteiger partial charge on any atom is -0.399 e. The zero-order chi connectivity index (χ0) is 12.1. The highest BCUT2D eigenvalue weighted by atomic mass is 16.5. The topological polar surface area (TPSA) is 44.5 Å². The van der Waals surface area contributed by atoms with Gasteiger partial charge in [0.2, 0.25) is 0 Å². The number of benzene rings is 1. The molecule has 1 aliphatic rings. The lowest BCUT2D eigenvalue weighted by Crippen LogP contribution is -2.20. The Balaban J connectivity index is 1.80. The van der Waals surface area contributed by atoms with Crippen LogP contribution in [0.3, 0.4) is 0 Å². The summed E-state index contributed by atoms with van der Waals surface area (Å²) in [7, 11) is 0. The van der Waals surface area contributed by atoms with Crippen LogP contribution in [0.4, 0.5) is 5.69 Å². The van der Waals surface area contributed by atoms with Gasteiger partial charge in [0, 0.05) is 18.9 Å². The molecule has 1 aliphatic heterocycles. The third-order valence-corrected chi connectivity index (χ3v) is 3.33. The summed E-state index contributed by atoms with van der Waals surface area (Å²) in [4.78, 5) is 0. The minimum absolute atomic E-state index is 0.137. The number of hydrogen-bond donors (Lipinski definition) is 1. The van der Waals surface area contributed by atoms with Gasteiger partial charge in [-0.3, -0.25) is 0 Å². The molecule has 0 spiro atoms. The fraction of sp³-hybridized carbons (Fsp3) is 0.571. The van der Waals surface area contributed by atoms with E-state index in [1.165, 1.54) is 5.56 Å². The third-order valence-electron chi connectivity index (χ3n) is 3.33. The Morgan fingerprint density at radius 3 is 2.59 bits per heavy atom. The van der Waals surface area contributed by atoms with E-state index in [1.54, 1.807) is 0 Å². The van der Waals surface area contributed by atoms with Gasteiger partial charge in [0.15, 0.2) is 0 Å². The molecular formula is C14H21NO2. The van der Waals surface area contributed by atoms with Crippen molar-refractivity contribution >= 4 is 5.69 Å². The first kappa shape index (κ1) is 12.4. The van der Waals surface area contributed by atoms with Crippen molar-refractivity contribution in [2.75, 3.05) is 25.6 Å². The van der Waals surface area contributed by atoms with Crippen molar-refractivity contribution in [3.8, 4) is 0 Å². The summed E-state index contributed by atoms with van der Waals surface area (Å²) in [5.74, 6) is 0.653. The highest BCUT2D eigenvalue weighted by Crippen LogP contribution is 2.21. The lowest BCUT2D eigenvalue weighted by Gasteiger charge is -2.23. The van der Waals surface area contributed by atoms with E-state index in [0.717, 1.165) is 38.3 Å². The van der Waals surface area contributed by atoms with Crippen LogP contribution in [0.5, 0.6) is 0 Å². The van der Waals surface area contributed by atoms with Crippen LogP contribution in [0, 0.1) is 5.92 Å². The molecule has 94 valence electrons. The lowest BCUT2D eigenvalue weighted by atomic mass is 10.0. The van der Waals surface area contributed by atoms with Gasteiger partial charge in [-0.25, -0.2) is 0 Å². The second-order valence-corrected chi connectivity index (χ2v) is 4.70. The second-order valence-electron chi connectivity index (χ2n) is 4.70. The first-order valence-corrected chi connectivity index (χ1v) is 6.30. The first-order chi connectivity index (χ1) is 8.25. The van der Waals surface area contributed by atoms with E-state index in [4.69, 9.17) is 15.2 Å². The van der Waals surface area contributed by atoms with Gasteiger partial charge in [-0.1, -0.05) is 12.1 Å². The van der Waals surface area contributed by atoms with Crippen LogP contribution in [-0.4, -0.2) is 19.8 Å². The number of anilines is 1. The SMILES string of the molecule is CC(OCC1CCOCC1)c1ccc(N)cc1. The standard InChI is InChI=1S/C14H21NO2/c1-11(13-2-4-14(15)5-3-13)17-10-12-6-8-16-9-7-12/h2-5,11-12H,6-10,15H2,1H3. The van der Waals surface area contributed by atoms with Crippen molar-refractivity contribution in [3.05, 3.63) is 29.8 Å². The summed E-state index contributed by atoms with van der Waals surface area (Å²) >= 11 is 0. The van der Waals surface area contributed by atoms with Crippen LogP contribution < -0.4 is 5.73 Å². The average molecular weight is 235 g/mol. The van der Waals surface area contributed by atoms with Gasteiger partial charge in [0.05, 0.1) is 12.7 Å². The molecule has 0 bridgehead atoms. The van der Waals surface area contributed by atoms with Crippen molar-refractivity contribution < 1.29 is 9.47 Å². The molecule has 17 heavy (non-hydrogen) atoms. The van der Waals surface area contributed by atoms with Crippen LogP contribution in [-0.2, 0) is 9.47 Å². The Kier molecular flexibility index (Phi) is 4.40. The average Bonchev–Trinajstić information content (AvgIpc) is 2.38. The zero-order valence-corrected chi connectivity index (χ0v) is 10.4. The van der Waals surface area contributed by atoms with Crippen LogP contribution in [0.2, 0.25) is 0 Å². The molecule has 1 unspecified atom stereocenters. The summed E-state index contributed by atoms with van der Waals surface area (Å²) in [5, 5.41) is 0. The van der Waals surface area contributed by atoms with E-state index in [9.17, 15) is 0 Å². The smallest absolute Gasteiger partial charge is 0.0796 e. The maximum Gasteiger partial charge on any atom is 0.0796 e. The second kappa shape index (κ2) is 6.03. The maximum atomic E-state index is 5.91. The largest absolute Gasteiger partial charge is 0.399 e. The van der Waals surface area contributed by atoms with E-state index in [0.29, 0.717) is 5.92 Å². The molecule has 0 saturated carbocycles. The molecule has 0 radical (unpaired) electrons. The minimum atomic E-state index is 0.137. The summed E-state index contributed by atoms with van der Waals surface area (Å²) < 4.78 is 11.2. The summed E-state index contributed by atoms with van der Waals surface area (Å²) in [6.45, 7) is 4.67. The molecule has 1 saturated heterocycles. The third kappa shape index (κ3) is 3.72. The Labute approximate surface area is 103 Å². The van der Waals surface area contributed by atoms with Crippen molar-refractivity contribution in [2.45, 2.75) is 25.9 Å². The Hall–Kier alpha value is -1.06. The molecule has 1 fully saturated rings. The molecule has 2 N–H and O–H groups in total. The van der Waals surface area contributed by atoms with Crippen molar-refractivity contribution in [3.63, 3.8) is 0 Å². The maximum absolute atomic E-state index is 5.91. The first-order valence-electron chi connectivity index (χ1n) is 6.30. The monoisotopic (exact) mass is 235 g/mol. The van der Waals surface area contributed by atoms with Gasteiger partial charge in [-0.05, 0) is 43.4 Å². The molecule has 0 aromatic heterocycles. The molecule has 3 heteroatoms. The number of hydrogen-bond acceptors (Lipinski definition) is 3. The normalized spacial score (nSPS) is 19.1. The van der Waals surface area contributed by atoms with Gasteiger partial charge in [0.25, 0.3) is 0 Å². The van der Waals surface area contributed by atoms with Crippen molar-refractivity contribution in [2.24, 2.45) is 5.92 Å². The van der Waals surface area contributed by atoms with E-state index in [1.807, 2.05) is 24.3 Å². The molecule has 2 rings (SSSR count). The van der Waals surface area contributed by atoms with E-state index in [2.05, 4.69) is 6.92 Å².